The molecule has 1 aliphatic heterocycles. The van der Waals surface area contributed by atoms with Gasteiger partial charge in [0.1, 0.15) is 11.6 Å². The van der Waals surface area contributed by atoms with Gasteiger partial charge in [-0.3, -0.25) is 9.69 Å². The molecule has 122 valence electrons. The van der Waals surface area contributed by atoms with E-state index in [1.807, 2.05) is 0 Å². The minimum absolute atomic E-state index is 0.139. The number of aryl methyl sites for hydroxylation is 1. The number of aromatic nitrogens is 2. The van der Waals surface area contributed by atoms with Crippen LogP contribution in [-0.2, 0) is 13.6 Å². The van der Waals surface area contributed by atoms with Crippen molar-refractivity contribution in [3.05, 3.63) is 58.0 Å². The van der Waals surface area contributed by atoms with Crippen LogP contribution in [-0.4, -0.2) is 40.9 Å². The van der Waals surface area contributed by atoms with Crippen molar-refractivity contribution in [1.82, 2.24) is 14.7 Å². The number of hydrogen-bond acceptors (Lipinski definition) is 4. The van der Waals surface area contributed by atoms with Gasteiger partial charge in [-0.05, 0) is 17.7 Å². The Morgan fingerprint density at radius 3 is 2.30 bits per heavy atom. The van der Waals surface area contributed by atoms with E-state index >= 15 is 0 Å². The zero-order valence-corrected chi connectivity index (χ0v) is 12.9. The summed E-state index contributed by atoms with van der Waals surface area (Å²) >= 11 is 0. The Morgan fingerprint density at radius 2 is 1.70 bits per heavy atom. The summed E-state index contributed by atoms with van der Waals surface area (Å²) in [6.07, 6.45) is 1.68. The van der Waals surface area contributed by atoms with Crippen molar-refractivity contribution < 1.29 is 8.78 Å². The van der Waals surface area contributed by atoms with Crippen LogP contribution in [0.15, 0.2) is 35.3 Å². The summed E-state index contributed by atoms with van der Waals surface area (Å²) in [6, 6.07) is 5.18. The number of anilines is 1. The number of benzene rings is 1. The largest absolute Gasteiger partial charge is 0.368 e. The van der Waals surface area contributed by atoms with E-state index in [0.717, 1.165) is 37.9 Å². The first-order valence-electron chi connectivity index (χ1n) is 7.47. The highest BCUT2D eigenvalue weighted by Crippen LogP contribution is 2.16. The lowest BCUT2D eigenvalue weighted by molar-refractivity contribution is 0.249. The standard InChI is InChI=1S/C16H18F2N4O/c1-20-16(23)9-15(10-19-20)22-4-2-21(3-5-22)11-12-6-13(17)8-14(18)7-12/h6-10H,2-5,11H2,1H3. The van der Waals surface area contributed by atoms with E-state index in [2.05, 4.69) is 14.9 Å². The second-order valence-electron chi connectivity index (χ2n) is 5.72. The summed E-state index contributed by atoms with van der Waals surface area (Å²) in [4.78, 5) is 15.9. The molecule has 1 aliphatic rings. The van der Waals surface area contributed by atoms with Crippen molar-refractivity contribution in [2.75, 3.05) is 31.1 Å². The van der Waals surface area contributed by atoms with Crippen LogP contribution in [0.2, 0.25) is 0 Å². The van der Waals surface area contributed by atoms with Crippen molar-refractivity contribution >= 4 is 5.69 Å². The normalized spacial score (nSPS) is 15.9. The fraction of sp³-hybridized carbons (Fsp3) is 0.375. The summed E-state index contributed by atoms with van der Waals surface area (Å²) < 4.78 is 27.8. The second kappa shape index (κ2) is 6.45. The second-order valence-corrected chi connectivity index (χ2v) is 5.72. The molecule has 0 atom stereocenters. The van der Waals surface area contributed by atoms with Gasteiger partial charge in [-0.25, -0.2) is 13.5 Å². The highest BCUT2D eigenvalue weighted by Gasteiger charge is 2.18. The van der Waals surface area contributed by atoms with E-state index in [4.69, 9.17) is 0 Å². The molecular formula is C16H18F2N4O. The lowest BCUT2D eigenvalue weighted by Gasteiger charge is -2.35. The molecule has 1 aromatic carbocycles. The van der Waals surface area contributed by atoms with Gasteiger partial charge in [0.15, 0.2) is 0 Å². The molecule has 2 aromatic rings. The molecule has 1 fully saturated rings. The topological polar surface area (TPSA) is 41.4 Å². The van der Waals surface area contributed by atoms with Crippen LogP contribution in [0.4, 0.5) is 14.5 Å². The third-order valence-corrected chi connectivity index (χ3v) is 4.02. The van der Waals surface area contributed by atoms with Crippen LogP contribution in [0, 0.1) is 11.6 Å². The van der Waals surface area contributed by atoms with Gasteiger partial charge in [0.2, 0.25) is 0 Å². The minimum atomic E-state index is -0.551. The van der Waals surface area contributed by atoms with Crippen LogP contribution in [0.3, 0.4) is 0 Å². The molecule has 0 saturated carbocycles. The monoisotopic (exact) mass is 320 g/mol. The molecular weight excluding hydrogens is 302 g/mol. The molecule has 0 unspecified atom stereocenters. The Kier molecular flexibility index (Phi) is 4.38. The molecule has 7 heteroatoms. The molecule has 3 rings (SSSR count). The van der Waals surface area contributed by atoms with Crippen LogP contribution >= 0.6 is 0 Å². The van der Waals surface area contributed by atoms with Crippen molar-refractivity contribution in [2.45, 2.75) is 6.54 Å². The molecule has 2 heterocycles. The van der Waals surface area contributed by atoms with E-state index < -0.39 is 11.6 Å². The summed E-state index contributed by atoms with van der Waals surface area (Å²) in [5.74, 6) is -1.10. The zero-order valence-electron chi connectivity index (χ0n) is 12.9. The van der Waals surface area contributed by atoms with Gasteiger partial charge in [0.25, 0.3) is 5.56 Å². The SMILES string of the molecule is Cn1ncc(N2CCN(Cc3cc(F)cc(F)c3)CC2)cc1=O. The van der Waals surface area contributed by atoms with Crippen molar-refractivity contribution in [3.8, 4) is 0 Å². The number of hydrogen-bond donors (Lipinski definition) is 0. The molecule has 0 amide bonds. The lowest BCUT2D eigenvalue weighted by atomic mass is 10.2. The van der Waals surface area contributed by atoms with E-state index in [0.29, 0.717) is 12.1 Å². The molecule has 1 aromatic heterocycles. The van der Waals surface area contributed by atoms with Crippen LogP contribution in [0.25, 0.3) is 0 Å². The van der Waals surface area contributed by atoms with E-state index in [1.165, 1.54) is 16.8 Å². The summed E-state index contributed by atoms with van der Waals surface area (Å²) in [6.45, 7) is 3.51. The van der Waals surface area contributed by atoms with Gasteiger partial charge >= 0.3 is 0 Å². The smallest absolute Gasteiger partial charge is 0.268 e. The third-order valence-electron chi connectivity index (χ3n) is 4.02. The number of rotatable bonds is 3. The first-order chi connectivity index (χ1) is 11.0. The maximum atomic E-state index is 13.2. The Labute approximate surface area is 132 Å². The molecule has 0 aliphatic carbocycles. The third kappa shape index (κ3) is 3.73. The zero-order chi connectivity index (χ0) is 16.4. The predicted octanol–water partition coefficient (Wildman–Crippen LogP) is 1.38. The number of piperazine rings is 1. The number of nitrogens with zero attached hydrogens (tertiary/aromatic N) is 4. The van der Waals surface area contributed by atoms with Crippen molar-refractivity contribution in [1.29, 1.82) is 0 Å². The Morgan fingerprint density at radius 1 is 1.04 bits per heavy atom. The Hall–Kier alpha value is -2.28. The average molecular weight is 320 g/mol. The Bertz CT molecular complexity index is 734. The quantitative estimate of drug-likeness (QED) is 0.857. The highest BCUT2D eigenvalue weighted by molar-refractivity contribution is 5.43. The molecule has 0 N–H and O–H groups in total. The summed E-state index contributed by atoms with van der Waals surface area (Å²) in [5, 5.41) is 4.03. The maximum Gasteiger partial charge on any atom is 0.268 e. The van der Waals surface area contributed by atoms with Gasteiger partial charge < -0.3 is 4.90 Å². The summed E-state index contributed by atoms with van der Waals surface area (Å²) in [5.41, 5.74) is 1.30. The fourth-order valence-corrected chi connectivity index (χ4v) is 2.76. The predicted molar refractivity (Wildman–Crippen MR) is 83.3 cm³/mol. The first-order valence-corrected chi connectivity index (χ1v) is 7.47. The van der Waals surface area contributed by atoms with Gasteiger partial charge in [0.05, 0.1) is 11.9 Å². The minimum Gasteiger partial charge on any atom is -0.368 e. The molecule has 0 bridgehead atoms. The maximum absolute atomic E-state index is 13.2. The molecule has 0 spiro atoms. The average Bonchev–Trinajstić information content (AvgIpc) is 2.50. The highest BCUT2D eigenvalue weighted by atomic mass is 19.1. The van der Waals surface area contributed by atoms with E-state index in [9.17, 15) is 13.6 Å². The van der Waals surface area contributed by atoms with Gasteiger partial charge in [-0.1, -0.05) is 0 Å². The first kappa shape index (κ1) is 15.6. The fourth-order valence-electron chi connectivity index (χ4n) is 2.76. The van der Waals surface area contributed by atoms with Crippen LogP contribution < -0.4 is 10.5 Å². The van der Waals surface area contributed by atoms with Crippen molar-refractivity contribution in [3.63, 3.8) is 0 Å². The van der Waals surface area contributed by atoms with E-state index in [-0.39, 0.29) is 5.56 Å². The molecule has 0 radical (unpaired) electrons. The molecule has 5 nitrogen and oxygen atoms in total. The van der Waals surface area contributed by atoms with Crippen molar-refractivity contribution in [2.24, 2.45) is 7.05 Å². The molecule has 1 saturated heterocycles. The van der Waals surface area contributed by atoms with Gasteiger partial charge in [-0.2, -0.15) is 5.10 Å². The van der Waals surface area contributed by atoms with Gasteiger partial charge in [-0.15, -0.1) is 0 Å². The lowest BCUT2D eigenvalue weighted by Crippen LogP contribution is -2.46. The van der Waals surface area contributed by atoms with Crippen LogP contribution in [0.1, 0.15) is 5.56 Å². The summed E-state index contributed by atoms with van der Waals surface area (Å²) in [7, 11) is 1.61. The Balaban J connectivity index is 1.61. The van der Waals surface area contributed by atoms with Gasteiger partial charge in [0, 0.05) is 51.9 Å². The van der Waals surface area contributed by atoms with Crippen LogP contribution in [0.5, 0.6) is 0 Å². The number of halogens is 2. The molecule has 23 heavy (non-hydrogen) atoms. The van der Waals surface area contributed by atoms with E-state index in [1.54, 1.807) is 19.3 Å².